The Labute approximate surface area is 143 Å². The van der Waals surface area contributed by atoms with Crippen molar-refractivity contribution in [2.24, 2.45) is 0 Å². The van der Waals surface area contributed by atoms with Crippen LogP contribution in [0.5, 0.6) is 0 Å². The van der Waals surface area contributed by atoms with Crippen LogP contribution in [0.15, 0.2) is 17.1 Å². The summed E-state index contributed by atoms with van der Waals surface area (Å²) in [4.78, 5) is 26.0. The van der Waals surface area contributed by atoms with Gasteiger partial charge in [0.25, 0.3) is 0 Å². The molecule has 0 spiro atoms. The summed E-state index contributed by atoms with van der Waals surface area (Å²) in [6.07, 6.45) is 3.31. The lowest BCUT2D eigenvalue weighted by atomic mass is 10.0. The van der Waals surface area contributed by atoms with E-state index in [9.17, 15) is 19.1 Å². The minimum Gasteiger partial charge on any atom is -0.477 e. The van der Waals surface area contributed by atoms with E-state index in [1.165, 1.54) is 12.3 Å². The Balaban J connectivity index is 2.02. The van der Waals surface area contributed by atoms with E-state index >= 15 is 0 Å². The molecule has 2 heterocycles. The molecule has 1 aromatic carbocycles. The summed E-state index contributed by atoms with van der Waals surface area (Å²) in [5.41, 5.74) is 0.970. The predicted octanol–water partition coefficient (Wildman–Crippen LogP) is 1.89. The third-order valence-electron chi connectivity index (χ3n) is 5.08. The van der Waals surface area contributed by atoms with Crippen LogP contribution in [0.25, 0.3) is 10.9 Å². The summed E-state index contributed by atoms with van der Waals surface area (Å²) in [6, 6.07) is 1.40. The summed E-state index contributed by atoms with van der Waals surface area (Å²) in [7, 11) is 0. The van der Waals surface area contributed by atoms with Crippen molar-refractivity contribution >= 4 is 22.6 Å². The number of piperazine rings is 1. The van der Waals surface area contributed by atoms with Crippen molar-refractivity contribution in [1.29, 1.82) is 0 Å². The molecule has 7 heteroatoms. The topological polar surface area (TPSA) is 74.6 Å². The maximum Gasteiger partial charge on any atom is 0.341 e. The molecule has 0 bridgehead atoms. The van der Waals surface area contributed by atoms with Crippen molar-refractivity contribution in [3.8, 4) is 0 Å². The number of rotatable bonds is 3. The molecule has 1 saturated carbocycles. The highest BCUT2D eigenvalue weighted by molar-refractivity contribution is 5.95. The number of hydrogen-bond donors (Lipinski definition) is 2. The second-order valence-corrected chi connectivity index (χ2v) is 6.78. The summed E-state index contributed by atoms with van der Waals surface area (Å²) in [6.45, 7) is 4.78. The Morgan fingerprint density at radius 3 is 2.60 bits per heavy atom. The number of halogens is 1. The fourth-order valence-corrected chi connectivity index (χ4v) is 3.74. The predicted molar refractivity (Wildman–Crippen MR) is 93.2 cm³/mol. The number of carbonyl (C=O) groups is 1. The molecule has 4 rings (SSSR count). The van der Waals surface area contributed by atoms with Crippen LogP contribution in [0.4, 0.5) is 10.1 Å². The normalized spacial score (nSPS) is 17.9. The molecule has 0 atom stereocenters. The van der Waals surface area contributed by atoms with E-state index in [2.05, 4.69) is 5.32 Å². The minimum atomic E-state index is -1.27. The molecule has 2 aromatic rings. The minimum absolute atomic E-state index is 0.153. The number of fused-ring (bicyclic) bond motifs is 1. The van der Waals surface area contributed by atoms with Crippen LogP contribution in [0.1, 0.15) is 34.8 Å². The lowest BCUT2D eigenvalue weighted by molar-refractivity contribution is 0.0695. The average Bonchev–Trinajstić information content (AvgIpc) is 3.41. The molecule has 1 aliphatic heterocycles. The van der Waals surface area contributed by atoms with Crippen LogP contribution in [0.2, 0.25) is 0 Å². The summed E-state index contributed by atoms with van der Waals surface area (Å²) in [5, 5.41) is 12.7. The molecule has 0 radical (unpaired) electrons. The number of benzene rings is 1. The Morgan fingerprint density at radius 1 is 1.32 bits per heavy atom. The zero-order valence-electron chi connectivity index (χ0n) is 14.0. The number of anilines is 1. The van der Waals surface area contributed by atoms with Gasteiger partial charge in [0, 0.05) is 43.8 Å². The van der Waals surface area contributed by atoms with E-state index in [-0.39, 0.29) is 17.0 Å². The second-order valence-electron chi connectivity index (χ2n) is 6.78. The highest BCUT2D eigenvalue weighted by atomic mass is 19.1. The highest BCUT2D eigenvalue weighted by Crippen LogP contribution is 2.40. The van der Waals surface area contributed by atoms with Crippen LogP contribution in [0.3, 0.4) is 0 Å². The molecular weight excluding hydrogens is 325 g/mol. The van der Waals surface area contributed by atoms with Crippen molar-refractivity contribution in [1.82, 2.24) is 9.88 Å². The van der Waals surface area contributed by atoms with Gasteiger partial charge >= 0.3 is 5.97 Å². The van der Waals surface area contributed by atoms with E-state index in [0.29, 0.717) is 29.9 Å². The van der Waals surface area contributed by atoms with E-state index in [1.54, 1.807) is 0 Å². The van der Waals surface area contributed by atoms with E-state index in [4.69, 9.17) is 0 Å². The van der Waals surface area contributed by atoms with Gasteiger partial charge in [-0.25, -0.2) is 9.18 Å². The van der Waals surface area contributed by atoms with E-state index < -0.39 is 17.2 Å². The maximum absolute atomic E-state index is 14.9. The van der Waals surface area contributed by atoms with Gasteiger partial charge in [0.15, 0.2) is 0 Å². The van der Waals surface area contributed by atoms with Gasteiger partial charge in [0.1, 0.15) is 11.4 Å². The Kier molecular flexibility index (Phi) is 3.76. The van der Waals surface area contributed by atoms with Gasteiger partial charge in [0.05, 0.1) is 11.2 Å². The summed E-state index contributed by atoms with van der Waals surface area (Å²) in [5.74, 6) is -1.74. The quantitative estimate of drug-likeness (QED) is 0.889. The SMILES string of the molecule is Cc1c(N2CCNCC2)c(F)cc2c(=O)c(C(=O)O)cn(C3CC3)c12. The first kappa shape index (κ1) is 16.1. The third-order valence-corrected chi connectivity index (χ3v) is 5.08. The van der Waals surface area contributed by atoms with Crippen LogP contribution >= 0.6 is 0 Å². The second kappa shape index (κ2) is 5.84. The van der Waals surface area contributed by atoms with Crippen molar-refractivity contribution < 1.29 is 14.3 Å². The lowest BCUT2D eigenvalue weighted by Crippen LogP contribution is -2.44. The summed E-state index contributed by atoms with van der Waals surface area (Å²) < 4.78 is 16.7. The molecule has 6 nitrogen and oxygen atoms in total. The highest BCUT2D eigenvalue weighted by Gasteiger charge is 2.29. The van der Waals surface area contributed by atoms with Crippen molar-refractivity contribution in [3.05, 3.63) is 39.4 Å². The van der Waals surface area contributed by atoms with Crippen molar-refractivity contribution in [3.63, 3.8) is 0 Å². The van der Waals surface area contributed by atoms with Gasteiger partial charge in [-0.1, -0.05) is 0 Å². The number of pyridine rings is 1. The van der Waals surface area contributed by atoms with Gasteiger partial charge in [-0.15, -0.1) is 0 Å². The molecule has 0 unspecified atom stereocenters. The molecule has 2 aliphatic rings. The standard InChI is InChI=1S/C18H20FN3O3/c1-10-15-12(8-14(19)16(10)21-6-4-20-5-7-21)17(23)13(18(24)25)9-22(15)11-2-3-11/h8-9,11,20H,2-7H2,1H3,(H,24,25). The first-order valence-electron chi connectivity index (χ1n) is 8.56. The van der Waals surface area contributed by atoms with Crippen LogP contribution in [-0.4, -0.2) is 41.8 Å². The monoisotopic (exact) mass is 345 g/mol. The van der Waals surface area contributed by atoms with Gasteiger partial charge < -0.3 is 19.9 Å². The number of nitrogens with zero attached hydrogens (tertiary/aromatic N) is 2. The molecule has 2 fully saturated rings. The Morgan fingerprint density at radius 2 is 2.00 bits per heavy atom. The smallest absolute Gasteiger partial charge is 0.341 e. The maximum atomic E-state index is 14.9. The van der Waals surface area contributed by atoms with E-state index in [0.717, 1.165) is 25.9 Å². The zero-order valence-corrected chi connectivity index (χ0v) is 14.0. The fraction of sp³-hybridized carbons (Fsp3) is 0.444. The molecule has 2 N–H and O–H groups in total. The van der Waals surface area contributed by atoms with Crippen LogP contribution in [-0.2, 0) is 0 Å². The van der Waals surface area contributed by atoms with Crippen LogP contribution in [0, 0.1) is 12.7 Å². The Hall–Kier alpha value is -2.41. The molecule has 1 aliphatic carbocycles. The van der Waals surface area contributed by atoms with Crippen molar-refractivity contribution in [2.75, 3.05) is 31.1 Å². The number of aryl methyl sites for hydroxylation is 1. The largest absolute Gasteiger partial charge is 0.477 e. The Bertz CT molecular complexity index is 928. The average molecular weight is 345 g/mol. The van der Waals surface area contributed by atoms with Crippen molar-refractivity contribution in [2.45, 2.75) is 25.8 Å². The number of aromatic carboxylic acids is 1. The molecule has 132 valence electrons. The van der Waals surface area contributed by atoms with Gasteiger partial charge in [0.2, 0.25) is 5.43 Å². The van der Waals surface area contributed by atoms with Crippen LogP contribution < -0.4 is 15.6 Å². The molecule has 1 aromatic heterocycles. The van der Waals surface area contributed by atoms with Gasteiger partial charge in [-0.05, 0) is 31.4 Å². The zero-order chi connectivity index (χ0) is 17.7. The summed E-state index contributed by atoms with van der Waals surface area (Å²) >= 11 is 0. The first-order valence-corrected chi connectivity index (χ1v) is 8.56. The first-order chi connectivity index (χ1) is 12.0. The lowest BCUT2D eigenvalue weighted by Gasteiger charge is -2.31. The number of carboxylic acids is 1. The molecular formula is C18H20FN3O3. The van der Waals surface area contributed by atoms with Gasteiger partial charge in [-0.3, -0.25) is 4.79 Å². The molecule has 1 saturated heterocycles. The number of carboxylic acid groups (broad SMARTS) is 1. The fourth-order valence-electron chi connectivity index (χ4n) is 3.74. The molecule has 25 heavy (non-hydrogen) atoms. The van der Waals surface area contributed by atoms with Gasteiger partial charge in [-0.2, -0.15) is 0 Å². The number of nitrogens with one attached hydrogen (secondary N) is 1. The number of aromatic nitrogens is 1. The number of hydrogen-bond acceptors (Lipinski definition) is 4. The molecule has 0 amide bonds. The van der Waals surface area contributed by atoms with E-state index in [1.807, 2.05) is 16.4 Å². The third kappa shape index (κ3) is 2.59.